The molecule has 2 aliphatic carbocycles. The lowest BCUT2D eigenvalue weighted by Crippen LogP contribution is -2.55. The maximum absolute atomic E-state index is 10.2. The van der Waals surface area contributed by atoms with Crippen molar-refractivity contribution < 1.29 is 29.2 Å². The molecule has 0 unspecified atom stereocenters. The number of hydrogen-bond acceptors (Lipinski definition) is 6. The van der Waals surface area contributed by atoms with E-state index in [1.54, 1.807) is 0 Å². The van der Waals surface area contributed by atoms with Crippen molar-refractivity contribution in [1.82, 2.24) is 0 Å². The van der Waals surface area contributed by atoms with E-state index in [0.717, 1.165) is 25.7 Å². The fourth-order valence-electron chi connectivity index (χ4n) is 3.62. The van der Waals surface area contributed by atoms with Crippen molar-refractivity contribution in [3.8, 4) is 0 Å². The molecule has 116 valence electrons. The highest BCUT2D eigenvalue weighted by Gasteiger charge is 2.57. The van der Waals surface area contributed by atoms with Crippen LogP contribution in [-0.2, 0) is 18.9 Å². The van der Waals surface area contributed by atoms with Gasteiger partial charge in [0, 0.05) is 26.4 Å². The largest absolute Gasteiger partial charge is 0.390 e. The van der Waals surface area contributed by atoms with E-state index in [1.807, 2.05) is 0 Å². The molecule has 2 N–H and O–H groups in total. The summed E-state index contributed by atoms with van der Waals surface area (Å²) in [4.78, 5) is 0. The summed E-state index contributed by atoms with van der Waals surface area (Å²) in [5, 5.41) is 20.3. The second-order valence-electron chi connectivity index (χ2n) is 6.04. The van der Waals surface area contributed by atoms with E-state index in [-0.39, 0.29) is 13.2 Å². The van der Waals surface area contributed by atoms with Crippen LogP contribution >= 0.6 is 0 Å². The zero-order valence-electron chi connectivity index (χ0n) is 11.9. The molecule has 1 saturated heterocycles. The van der Waals surface area contributed by atoms with E-state index in [0.29, 0.717) is 0 Å². The molecule has 20 heavy (non-hydrogen) atoms. The van der Waals surface area contributed by atoms with Crippen LogP contribution in [0, 0.1) is 0 Å². The summed E-state index contributed by atoms with van der Waals surface area (Å²) in [6, 6.07) is 0. The van der Waals surface area contributed by atoms with Crippen LogP contribution in [0.1, 0.15) is 38.5 Å². The maximum atomic E-state index is 10.2. The summed E-state index contributed by atoms with van der Waals surface area (Å²) in [5.74, 6) is -0.590. The number of methoxy groups -OCH3 is 1. The Bertz CT molecular complexity index is 320. The molecule has 1 spiro atoms. The molecule has 6 heteroatoms. The van der Waals surface area contributed by atoms with Crippen LogP contribution in [0.15, 0.2) is 0 Å². The standard InChI is InChI=1S/C14H24O6/c1-17-8-18-11-9(15)7-10(16)12-13(11)20-14(19-12)5-3-2-4-6-14/h9-13,15-16H,2-8H2,1H3/t9-,10-,11+,12+,13-/m1/s1. The van der Waals surface area contributed by atoms with Gasteiger partial charge in [0.1, 0.15) is 25.1 Å². The molecule has 1 aliphatic heterocycles. The van der Waals surface area contributed by atoms with Crippen LogP contribution in [-0.4, -0.2) is 60.4 Å². The van der Waals surface area contributed by atoms with Gasteiger partial charge in [-0.2, -0.15) is 0 Å². The molecule has 2 saturated carbocycles. The Labute approximate surface area is 119 Å². The first-order valence-corrected chi connectivity index (χ1v) is 7.47. The Morgan fingerprint density at radius 1 is 1.05 bits per heavy atom. The van der Waals surface area contributed by atoms with E-state index in [2.05, 4.69) is 0 Å². The van der Waals surface area contributed by atoms with Gasteiger partial charge in [-0.15, -0.1) is 0 Å². The number of fused-ring (bicyclic) bond motifs is 1. The quantitative estimate of drug-likeness (QED) is 0.738. The number of aliphatic hydroxyl groups is 2. The van der Waals surface area contributed by atoms with Gasteiger partial charge in [0.05, 0.1) is 12.2 Å². The zero-order chi connectivity index (χ0) is 14.2. The number of hydrogen-bond donors (Lipinski definition) is 2. The molecule has 6 nitrogen and oxygen atoms in total. The monoisotopic (exact) mass is 288 g/mol. The van der Waals surface area contributed by atoms with Crippen molar-refractivity contribution in [1.29, 1.82) is 0 Å². The van der Waals surface area contributed by atoms with E-state index >= 15 is 0 Å². The number of ether oxygens (including phenoxy) is 4. The smallest absolute Gasteiger partial charge is 0.169 e. The van der Waals surface area contributed by atoms with Crippen LogP contribution in [0.4, 0.5) is 0 Å². The van der Waals surface area contributed by atoms with Crippen molar-refractivity contribution >= 4 is 0 Å². The topological polar surface area (TPSA) is 77.4 Å². The Kier molecular flexibility index (Phi) is 4.31. The number of aliphatic hydroxyl groups excluding tert-OH is 2. The van der Waals surface area contributed by atoms with Gasteiger partial charge in [0.15, 0.2) is 5.79 Å². The van der Waals surface area contributed by atoms with Gasteiger partial charge in [-0.1, -0.05) is 6.42 Å². The summed E-state index contributed by atoms with van der Waals surface area (Å²) in [6.45, 7) is 0.0946. The first-order valence-electron chi connectivity index (χ1n) is 7.47. The molecule has 0 bridgehead atoms. The highest BCUT2D eigenvalue weighted by atomic mass is 16.8. The molecule has 3 fully saturated rings. The third-order valence-corrected chi connectivity index (χ3v) is 4.58. The van der Waals surface area contributed by atoms with E-state index in [1.165, 1.54) is 13.5 Å². The fraction of sp³-hybridized carbons (Fsp3) is 1.00. The second-order valence-corrected chi connectivity index (χ2v) is 6.04. The highest BCUT2D eigenvalue weighted by Crippen LogP contribution is 2.45. The molecule has 0 radical (unpaired) electrons. The lowest BCUT2D eigenvalue weighted by atomic mass is 9.87. The third-order valence-electron chi connectivity index (χ3n) is 4.58. The van der Waals surface area contributed by atoms with Crippen molar-refractivity contribution in [3.05, 3.63) is 0 Å². The Morgan fingerprint density at radius 2 is 1.75 bits per heavy atom. The van der Waals surface area contributed by atoms with E-state index in [9.17, 15) is 10.2 Å². The van der Waals surface area contributed by atoms with Crippen molar-refractivity contribution in [3.63, 3.8) is 0 Å². The summed E-state index contributed by atoms with van der Waals surface area (Å²) in [7, 11) is 1.54. The third kappa shape index (κ3) is 2.61. The minimum Gasteiger partial charge on any atom is -0.390 e. The molecule has 0 amide bonds. The van der Waals surface area contributed by atoms with Crippen molar-refractivity contribution in [2.24, 2.45) is 0 Å². The fourth-order valence-corrected chi connectivity index (χ4v) is 3.62. The SMILES string of the molecule is COCO[C@@H]1[C@H]2OC3(CCCCC3)O[C@H]2[C@H](O)C[C@H]1O. The molecule has 3 aliphatic rings. The van der Waals surface area contributed by atoms with Crippen LogP contribution in [0.5, 0.6) is 0 Å². The highest BCUT2D eigenvalue weighted by molar-refractivity contribution is 5.01. The second kappa shape index (κ2) is 5.87. The van der Waals surface area contributed by atoms with Crippen LogP contribution < -0.4 is 0 Å². The van der Waals surface area contributed by atoms with Crippen LogP contribution in [0.2, 0.25) is 0 Å². The average Bonchev–Trinajstić information content (AvgIpc) is 2.79. The van der Waals surface area contributed by atoms with Crippen molar-refractivity contribution in [2.45, 2.75) is 74.8 Å². The average molecular weight is 288 g/mol. The normalized spacial score (nSPS) is 43.6. The summed E-state index contributed by atoms with van der Waals surface area (Å²) in [5.41, 5.74) is 0. The van der Waals surface area contributed by atoms with Gasteiger partial charge in [-0.3, -0.25) is 0 Å². The predicted octanol–water partition coefficient (Wildman–Crippen LogP) is 0.545. The Morgan fingerprint density at radius 3 is 2.45 bits per heavy atom. The van der Waals surface area contributed by atoms with Gasteiger partial charge < -0.3 is 29.2 Å². The molecule has 5 atom stereocenters. The van der Waals surface area contributed by atoms with E-state index in [4.69, 9.17) is 18.9 Å². The molecule has 3 rings (SSSR count). The van der Waals surface area contributed by atoms with Gasteiger partial charge >= 0.3 is 0 Å². The predicted molar refractivity (Wildman–Crippen MR) is 68.9 cm³/mol. The van der Waals surface area contributed by atoms with Gasteiger partial charge in [-0.05, 0) is 12.8 Å². The lowest BCUT2D eigenvalue weighted by Gasteiger charge is -2.37. The molecule has 1 heterocycles. The molecular weight excluding hydrogens is 264 g/mol. The minimum absolute atomic E-state index is 0.0946. The van der Waals surface area contributed by atoms with Crippen LogP contribution in [0.25, 0.3) is 0 Å². The first kappa shape index (κ1) is 14.7. The molecule has 0 aromatic heterocycles. The summed E-state index contributed by atoms with van der Waals surface area (Å²) < 4.78 is 22.6. The van der Waals surface area contributed by atoms with Crippen molar-refractivity contribution in [2.75, 3.05) is 13.9 Å². The molecular formula is C14H24O6. The minimum atomic E-state index is -0.760. The molecule has 0 aromatic rings. The number of rotatable bonds is 3. The summed E-state index contributed by atoms with van der Waals surface area (Å²) in [6.07, 6.45) is 2.45. The van der Waals surface area contributed by atoms with Gasteiger partial charge in [0.2, 0.25) is 0 Å². The first-order chi connectivity index (χ1) is 9.65. The van der Waals surface area contributed by atoms with Gasteiger partial charge in [0.25, 0.3) is 0 Å². The lowest BCUT2D eigenvalue weighted by molar-refractivity contribution is -0.213. The Hall–Kier alpha value is -0.240. The zero-order valence-corrected chi connectivity index (χ0v) is 11.9. The van der Waals surface area contributed by atoms with Gasteiger partial charge in [-0.25, -0.2) is 0 Å². The summed E-state index contributed by atoms with van der Waals surface area (Å²) >= 11 is 0. The maximum Gasteiger partial charge on any atom is 0.169 e. The Balaban J connectivity index is 1.75. The molecule has 0 aromatic carbocycles. The van der Waals surface area contributed by atoms with Crippen LogP contribution in [0.3, 0.4) is 0 Å². The van der Waals surface area contributed by atoms with E-state index < -0.39 is 36.3 Å².